The lowest BCUT2D eigenvalue weighted by Gasteiger charge is -2.11. The fourth-order valence-electron chi connectivity index (χ4n) is 1.74. The van der Waals surface area contributed by atoms with Gasteiger partial charge in [0.2, 0.25) is 0 Å². The van der Waals surface area contributed by atoms with Crippen LogP contribution in [0.1, 0.15) is 16.7 Å². The predicted octanol–water partition coefficient (Wildman–Crippen LogP) is 4.31. The van der Waals surface area contributed by atoms with Crippen molar-refractivity contribution in [3.63, 3.8) is 0 Å². The summed E-state index contributed by atoms with van der Waals surface area (Å²) in [6, 6.07) is 10.0. The van der Waals surface area contributed by atoms with Gasteiger partial charge in [-0.1, -0.05) is 15.9 Å². The van der Waals surface area contributed by atoms with E-state index < -0.39 is 5.82 Å². The Kier molecular flexibility index (Phi) is 4.70. The predicted molar refractivity (Wildman–Crippen MR) is 74.5 cm³/mol. The highest BCUT2D eigenvalue weighted by atomic mass is 79.9. The van der Waals surface area contributed by atoms with E-state index in [1.165, 1.54) is 36.4 Å². The highest BCUT2D eigenvalue weighted by Gasteiger charge is 2.08. The van der Waals surface area contributed by atoms with Crippen LogP contribution in [0, 0.1) is 23.0 Å². The largest absolute Gasteiger partial charge is 0.489 e. The van der Waals surface area contributed by atoms with Gasteiger partial charge in [0.25, 0.3) is 0 Å². The lowest BCUT2D eigenvalue weighted by Crippen LogP contribution is -2.01. The van der Waals surface area contributed by atoms with Crippen molar-refractivity contribution >= 4 is 15.9 Å². The number of ether oxygens (including phenoxy) is 1. The van der Waals surface area contributed by atoms with Gasteiger partial charge in [-0.25, -0.2) is 8.78 Å². The maximum absolute atomic E-state index is 13.2. The van der Waals surface area contributed by atoms with Crippen LogP contribution >= 0.6 is 15.9 Å². The van der Waals surface area contributed by atoms with Gasteiger partial charge in [-0.2, -0.15) is 5.26 Å². The molecule has 0 unspecified atom stereocenters. The molecular weight excluding hydrogens is 328 g/mol. The molecule has 0 saturated carbocycles. The Bertz CT molecular complexity index is 667. The van der Waals surface area contributed by atoms with Gasteiger partial charge >= 0.3 is 0 Å². The molecule has 0 aliphatic carbocycles. The normalized spacial score (nSPS) is 10.1. The van der Waals surface area contributed by atoms with Gasteiger partial charge in [-0.15, -0.1) is 0 Å². The third-order valence-electron chi connectivity index (χ3n) is 2.74. The smallest absolute Gasteiger partial charge is 0.124 e. The molecule has 0 aromatic heterocycles. The van der Waals surface area contributed by atoms with E-state index in [9.17, 15) is 8.78 Å². The number of rotatable bonds is 4. The second-order valence-electron chi connectivity index (χ2n) is 4.09. The highest BCUT2D eigenvalue weighted by Crippen LogP contribution is 2.24. The average molecular weight is 338 g/mol. The van der Waals surface area contributed by atoms with Gasteiger partial charge in [0, 0.05) is 16.5 Å². The SMILES string of the molecule is N#Cc1ccc(F)cc1COc1ccc(F)cc1CBr. The second kappa shape index (κ2) is 6.49. The summed E-state index contributed by atoms with van der Waals surface area (Å²) in [6.07, 6.45) is 0. The number of hydrogen-bond donors (Lipinski definition) is 0. The summed E-state index contributed by atoms with van der Waals surface area (Å²) in [5.41, 5.74) is 1.46. The van der Waals surface area contributed by atoms with Crippen molar-refractivity contribution in [2.75, 3.05) is 0 Å². The van der Waals surface area contributed by atoms with Crippen LogP contribution in [0.5, 0.6) is 5.75 Å². The minimum atomic E-state index is -0.428. The lowest BCUT2D eigenvalue weighted by molar-refractivity contribution is 0.302. The van der Waals surface area contributed by atoms with Crippen LogP contribution in [0.25, 0.3) is 0 Å². The van der Waals surface area contributed by atoms with Crippen LogP contribution in [-0.2, 0) is 11.9 Å². The van der Waals surface area contributed by atoms with Crippen molar-refractivity contribution < 1.29 is 13.5 Å². The van der Waals surface area contributed by atoms with Gasteiger partial charge in [-0.05, 0) is 36.4 Å². The number of halogens is 3. The molecule has 102 valence electrons. The first-order valence-electron chi connectivity index (χ1n) is 5.79. The number of nitriles is 1. The summed E-state index contributed by atoms with van der Waals surface area (Å²) in [7, 11) is 0. The zero-order valence-electron chi connectivity index (χ0n) is 10.4. The van der Waals surface area contributed by atoms with E-state index in [-0.39, 0.29) is 12.4 Å². The Morgan fingerprint density at radius 2 is 1.70 bits per heavy atom. The summed E-state index contributed by atoms with van der Waals surface area (Å²) >= 11 is 3.25. The first-order chi connectivity index (χ1) is 9.63. The summed E-state index contributed by atoms with van der Waals surface area (Å²) in [5, 5.41) is 9.40. The Morgan fingerprint density at radius 3 is 2.35 bits per heavy atom. The van der Waals surface area contributed by atoms with Gasteiger partial charge in [0.1, 0.15) is 24.0 Å². The lowest BCUT2D eigenvalue weighted by atomic mass is 10.1. The van der Waals surface area contributed by atoms with Crippen LogP contribution in [0.2, 0.25) is 0 Å². The first kappa shape index (κ1) is 14.5. The van der Waals surface area contributed by atoms with E-state index in [2.05, 4.69) is 15.9 Å². The van der Waals surface area contributed by atoms with E-state index in [4.69, 9.17) is 10.00 Å². The van der Waals surface area contributed by atoms with Crippen molar-refractivity contribution in [3.8, 4) is 11.8 Å². The minimum absolute atomic E-state index is 0.0479. The Hall–Kier alpha value is -1.93. The average Bonchev–Trinajstić information content (AvgIpc) is 2.46. The molecule has 0 bridgehead atoms. The van der Waals surface area contributed by atoms with E-state index >= 15 is 0 Å². The number of alkyl halides is 1. The van der Waals surface area contributed by atoms with Crippen LogP contribution in [0.3, 0.4) is 0 Å². The molecule has 0 aliphatic heterocycles. The maximum atomic E-state index is 13.2. The van der Waals surface area contributed by atoms with E-state index in [1.54, 1.807) is 0 Å². The molecular formula is C15H10BrF2NO. The summed E-state index contributed by atoms with van der Waals surface area (Å²) in [6.45, 7) is 0.0479. The summed E-state index contributed by atoms with van der Waals surface area (Å²) in [4.78, 5) is 0. The molecule has 2 rings (SSSR count). The van der Waals surface area contributed by atoms with Gasteiger partial charge < -0.3 is 4.74 Å². The topological polar surface area (TPSA) is 33.0 Å². The molecule has 0 N–H and O–H groups in total. The Balaban J connectivity index is 2.21. The van der Waals surface area contributed by atoms with Gasteiger partial charge in [-0.3, -0.25) is 0 Å². The van der Waals surface area contributed by atoms with Crippen molar-refractivity contribution in [1.82, 2.24) is 0 Å². The standard InChI is InChI=1S/C15H10BrF2NO/c16-7-11-5-14(18)3-4-15(11)20-9-12-6-13(17)2-1-10(12)8-19/h1-6H,7,9H2. The molecule has 2 nitrogen and oxygen atoms in total. The number of benzene rings is 2. The van der Waals surface area contributed by atoms with Crippen molar-refractivity contribution in [2.24, 2.45) is 0 Å². The third-order valence-corrected chi connectivity index (χ3v) is 3.34. The fraction of sp³-hybridized carbons (Fsp3) is 0.133. The quantitative estimate of drug-likeness (QED) is 0.779. The van der Waals surface area contributed by atoms with Crippen molar-refractivity contribution in [3.05, 3.63) is 64.7 Å². The molecule has 0 spiro atoms. The van der Waals surface area contributed by atoms with Gasteiger partial charge in [0.15, 0.2) is 0 Å². The molecule has 0 fully saturated rings. The molecule has 20 heavy (non-hydrogen) atoms. The summed E-state index contributed by atoms with van der Waals surface area (Å²) < 4.78 is 31.8. The van der Waals surface area contributed by atoms with Crippen LogP contribution in [0.15, 0.2) is 36.4 Å². The molecule has 0 atom stereocenters. The Morgan fingerprint density at radius 1 is 1.05 bits per heavy atom. The Labute approximate surface area is 123 Å². The molecule has 2 aromatic carbocycles. The molecule has 0 amide bonds. The van der Waals surface area contributed by atoms with Crippen molar-refractivity contribution in [1.29, 1.82) is 5.26 Å². The summed E-state index contributed by atoms with van der Waals surface area (Å²) in [5.74, 6) is -0.283. The zero-order valence-corrected chi connectivity index (χ0v) is 12.0. The van der Waals surface area contributed by atoms with Crippen LogP contribution in [-0.4, -0.2) is 0 Å². The molecule has 0 heterocycles. The third kappa shape index (κ3) is 3.34. The van der Waals surface area contributed by atoms with E-state index in [0.717, 1.165) is 0 Å². The monoisotopic (exact) mass is 337 g/mol. The minimum Gasteiger partial charge on any atom is -0.489 e. The van der Waals surface area contributed by atoms with Crippen LogP contribution < -0.4 is 4.74 Å². The molecule has 2 aromatic rings. The molecule has 0 aliphatic rings. The van der Waals surface area contributed by atoms with Gasteiger partial charge in [0.05, 0.1) is 11.6 Å². The first-order valence-corrected chi connectivity index (χ1v) is 6.92. The maximum Gasteiger partial charge on any atom is 0.124 e. The molecule has 0 saturated heterocycles. The fourth-order valence-corrected chi connectivity index (χ4v) is 2.18. The number of hydrogen-bond acceptors (Lipinski definition) is 2. The van der Waals surface area contributed by atoms with Crippen LogP contribution in [0.4, 0.5) is 8.78 Å². The molecule has 5 heteroatoms. The van der Waals surface area contributed by atoms with E-state index in [0.29, 0.717) is 27.8 Å². The van der Waals surface area contributed by atoms with E-state index in [1.807, 2.05) is 6.07 Å². The highest BCUT2D eigenvalue weighted by molar-refractivity contribution is 9.08. The molecule has 0 radical (unpaired) electrons. The number of nitrogens with zero attached hydrogens (tertiary/aromatic N) is 1. The van der Waals surface area contributed by atoms with Crippen molar-refractivity contribution in [2.45, 2.75) is 11.9 Å². The second-order valence-corrected chi connectivity index (χ2v) is 4.65. The zero-order chi connectivity index (χ0) is 14.5.